The second kappa shape index (κ2) is 8.81. The summed E-state index contributed by atoms with van der Waals surface area (Å²) in [4.78, 5) is 18.2. The molecule has 0 unspecified atom stereocenters. The highest BCUT2D eigenvalue weighted by molar-refractivity contribution is 6.27. The van der Waals surface area contributed by atoms with E-state index in [0.29, 0.717) is 0 Å². The van der Waals surface area contributed by atoms with Crippen LogP contribution in [0.2, 0.25) is 0 Å². The summed E-state index contributed by atoms with van der Waals surface area (Å²) in [6, 6.07) is 6.54. The number of ether oxygens (including phenoxy) is 1. The van der Waals surface area contributed by atoms with Gasteiger partial charge in [-0.1, -0.05) is 12.1 Å². The van der Waals surface area contributed by atoms with E-state index >= 15 is 0 Å². The number of nitrogens with one attached hydrogen (secondary N) is 1. The van der Waals surface area contributed by atoms with Gasteiger partial charge in [0.1, 0.15) is 5.75 Å². The van der Waals surface area contributed by atoms with Gasteiger partial charge >= 0.3 is 18.6 Å². The van der Waals surface area contributed by atoms with Gasteiger partial charge in [-0.2, -0.15) is 8.78 Å². The first-order chi connectivity index (χ1) is 8.86. The second-order valence-corrected chi connectivity index (χ2v) is 3.16. The summed E-state index contributed by atoms with van der Waals surface area (Å²) in [6.07, 6.45) is 0. The zero-order valence-electron chi connectivity index (χ0n) is 9.97. The monoisotopic (exact) mass is 277 g/mol. The van der Waals surface area contributed by atoms with Crippen molar-refractivity contribution in [1.82, 2.24) is 5.32 Å². The zero-order valence-corrected chi connectivity index (χ0v) is 9.97. The molecule has 0 radical (unpaired) electrons. The summed E-state index contributed by atoms with van der Waals surface area (Å²) < 4.78 is 27.7. The predicted octanol–water partition coefficient (Wildman–Crippen LogP) is 1.16. The highest BCUT2D eigenvalue weighted by atomic mass is 19.3. The van der Waals surface area contributed by atoms with E-state index in [2.05, 4.69) is 10.1 Å². The van der Waals surface area contributed by atoms with Crippen molar-refractivity contribution in [3.05, 3.63) is 29.8 Å². The summed E-state index contributed by atoms with van der Waals surface area (Å²) in [5, 5.41) is 17.7. The first-order valence-electron chi connectivity index (χ1n) is 5.01. The van der Waals surface area contributed by atoms with Crippen molar-refractivity contribution in [1.29, 1.82) is 0 Å². The molecule has 0 spiro atoms. The summed E-state index contributed by atoms with van der Waals surface area (Å²) in [7, 11) is 1.82. The molecule has 0 aliphatic heterocycles. The number of carboxylic acid groups (broad SMARTS) is 2. The molecule has 8 heteroatoms. The molecule has 0 saturated heterocycles. The smallest absolute Gasteiger partial charge is 0.414 e. The summed E-state index contributed by atoms with van der Waals surface area (Å²) in [5.41, 5.74) is 1.03. The number of aliphatic carboxylic acids is 2. The lowest BCUT2D eigenvalue weighted by Gasteiger charge is -2.05. The lowest BCUT2D eigenvalue weighted by Crippen LogP contribution is -2.09. The Morgan fingerprint density at radius 1 is 1.21 bits per heavy atom. The molecular formula is C11H13F2NO5. The van der Waals surface area contributed by atoms with Crippen molar-refractivity contribution < 1.29 is 33.3 Å². The molecule has 0 aromatic heterocycles. The Hall–Kier alpha value is -2.22. The van der Waals surface area contributed by atoms with E-state index in [0.717, 1.165) is 12.1 Å². The lowest BCUT2D eigenvalue weighted by molar-refractivity contribution is -0.159. The maximum Gasteiger partial charge on any atom is 0.414 e. The number of halogens is 2. The fourth-order valence-electron chi connectivity index (χ4n) is 0.993. The van der Waals surface area contributed by atoms with E-state index in [-0.39, 0.29) is 5.75 Å². The van der Waals surface area contributed by atoms with Crippen molar-refractivity contribution >= 4 is 11.9 Å². The van der Waals surface area contributed by atoms with Gasteiger partial charge in [-0.05, 0) is 24.7 Å². The average molecular weight is 277 g/mol. The van der Waals surface area contributed by atoms with Gasteiger partial charge in [-0.3, -0.25) is 0 Å². The summed E-state index contributed by atoms with van der Waals surface area (Å²) in [5.74, 6) is -3.46. The third-order valence-corrected chi connectivity index (χ3v) is 1.71. The molecular weight excluding hydrogens is 264 g/mol. The average Bonchev–Trinajstić information content (AvgIpc) is 2.32. The molecule has 3 N–H and O–H groups in total. The number of carboxylic acids is 2. The zero-order chi connectivity index (χ0) is 14.8. The summed E-state index contributed by atoms with van der Waals surface area (Å²) in [6.45, 7) is -2.04. The minimum Gasteiger partial charge on any atom is -0.473 e. The molecule has 0 saturated carbocycles. The minimum atomic E-state index is -2.75. The molecule has 6 nitrogen and oxygen atoms in total. The molecule has 106 valence electrons. The van der Waals surface area contributed by atoms with Crippen molar-refractivity contribution in [3.63, 3.8) is 0 Å². The van der Waals surface area contributed by atoms with Crippen LogP contribution in [-0.4, -0.2) is 35.8 Å². The third kappa shape index (κ3) is 8.50. The number of hydrogen-bond acceptors (Lipinski definition) is 4. The first kappa shape index (κ1) is 16.8. The van der Waals surface area contributed by atoms with E-state index in [1.54, 1.807) is 12.1 Å². The second-order valence-electron chi connectivity index (χ2n) is 3.16. The van der Waals surface area contributed by atoms with E-state index in [1.165, 1.54) is 12.1 Å². The van der Waals surface area contributed by atoms with Crippen molar-refractivity contribution in [2.24, 2.45) is 0 Å². The normalized spacial score (nSPS) is 9.47. The van der Waals surface area contributed by atoms with Gasteiger partial charge in [0, 0.05) is 6.54 Å². The van der Waals surface area contributed by atoms with Crippen LogP contribution in [-0.2, 0) is 16.1 Å². The fraction of sp³-hybridized carbons (Fsp3) is 0.273. The molecule has 0 heterocycles. The SMILES string of the molecule is CNCc1ccc(OC(F)F)cc1.O=C(O)C(=O)O. The van der Waals surface area contributed by atoms with Crippen LogP contribution in [0.1, 0.15) is 5.56 Å². The standard InChI is InChI=1S/C9H11F2NO.C2H2O4/c1-12-6-7-2-4-8(5-3-7)13-9(10)11;3-1(4)2(5)6/h2-5,9,12H,6H2,1H3;(H,3,4)(H,5,6). The Kier molecular flexibility index (Phi) is 7.78. The highest BCUT2D eigenvalue weighted by Gasteiger charge is 2.04. The highest BCUT2D eigenvalue weighted by Crippen LogP contribution is 2.14. The topological polar surface area (TPSA) is 95.9 Å². The molecule has 0 atom stereocenters. The Morgan fingerprint density at radius 2 is 1.68 bits per heavy atom. The summed E-state index contributed by atoms with van der Waals surface area (Å²) >= 11 is 0. The van der Waals surface area contributed by atoms with Crippen LogP contribution in [0, 0.1) is 0 Å². The van der Waals surface area contributed by atoms with Gasteiger partial charge in [-0.25, -0.2) is 9.59 Å². The Balaban J connectivity index is 0.000000459. The van der Waals surface area contributed by atoms with E-state index in [9.17, 15) is 8.78 Å². The number of carbonyl (C=O) groups is 2. The van der Waals surface area contributed by atoms with Crippen molar-refractivity contribution in [3.8, 4) is 5.75 Å². The first-order valence-corrected chi connectivity index (χ1v) is 5.01. The molecule has 1 aromatic rings. The molecule has 0 amide bonds. The number of benzene rings is 1. The van der Waals surface area contributed by atoms with Gasteiger partial charge in [0.15, 0.2) is 0 Å². The molecule has 19 heavy (non-hydrogen) atoms. The van der Waals surface area contributed by atoms with Crippen LogP contribution in [0.4, 0.5) is 8.78 Å². The quantitative estimate of drug-likeness (QED) is 0.715. The molecule has 0 aliphatic carbocycles. The van der Waals surface area contributed by atoms with Crippen LogP contribution >= 0.6 is 0 Å². The van der Waals surface area contributed by atoms with E-state index in [1.807, 2.05) is 7.05 Å². The lowest BCUT2D eigenvalue weighted by atomic mass is 10.2. The van der Waals surface area contributed by atoms with Crippen LogP contribution in [0.5, 0.6) is 5.75 Å². The Bertz CT molecular complexity index is 396. The van der Waals surface area contributed by atoms with Gasteiger partial charge in [-0.15, -0.1) is 0 Å². The molecule has 0 fully saturated rings. The molecule has 0 bridgehead atoms. The van der Waals surface area contributed by atoms with Gasteiger partial charge in [0.05, 0.1) is 0 Å². The van der Waals surface area contributed by atoms with Crippen molar-refractivity contribution in [2.75, 3.05) is 7.05 Å². The maximum atomic E-state index is 11.7. The predicted molar refractivity (Wildman–Crippen MR) is 61.1 cm³/mol. The fourth-order valence-corrected chi connectivity index (χ4v) is 0.993. The van der Waals surface area contributed by atoms with Crippen molar-refractivity contribution in [2.45, 2.75) is 13.2 Å². The molecule has 1 rings (SSSR count). The Morgan fingerprint density at radius 3 is 2.00 bits per heavy atom. The van der Waals surface area contributed by atoms with Crippen LogP contribution < -0.4 is 10.1 Å². The van der Waals surface area contributed by atoms with E-state index in [4.69, 9.17) is 19.8 Å². The van der Waals surface area contributed by atoms with Gasteiger partial charge < -0.3 is 20.3 Å². The third-order valence-electron chi connectivity index (χ3n) is 1.71. The van der Waals surface area contributed by atoms with Crippen LogP contribution in [0.3, 0.4) is 0 Å². The van der Waals surface area contributed by atoms with E-state index < -0.39 is 18.6 Å². The molecule has 1 aromatic carbocycles. The van der Waals surface area contributed by atoms with Gasteiger partial charge in [0.25, 0.3) is 0 Å². The van der Waals surface area contributed by atoms with Crippen LogP contribution in [0.15, 0.2) is 24.3 Å². The Labute approximate surface area is 107 Å². The number of alkyl halides is 2. The largest absolute Gasteiger partial charge is 0.473 e. The maximum absolute atomic E-state index is 11.7. The minimum absolute atomic E-state index is 0.190. The number of hydrogen-bond donors (Lipinski definition) is 3. The molecule has 0 aliphatic rings. The van der Waals surface area contributed by atoms with Crippen LogP contribution in [0.25, 0.3) is 0 Å². The van der Waals surface area contributed by atoms with Gasteiger partial charge in [0.2, 0.25) is 0 Å². The number of rotatable bonds is 4.